The molecule has 142 valence electrons. The van der Waals surface area contributed by atoms with Gasteiger partial charge in [-0.05, 0) is 18.8 Å². The van der Waals surface area contributed by atoms with Crippen molar-refractivity contribution in [3.8, 4) is 5.75 Å². The number of hydrogen-bond donors (Lipinski definition) is 0. The minimum absolute atomic E-state index is 0.192. The largest absolute Gasteiger partial charge is 0.435 e. The number of hydrogen-bond acceptors (Lipinski definition) is 6. The fraction of sp³-hybridized carbons (Fsp3) is 0.474. The van der Waals surface area contributed by atoms with Gasteiger partial charge in [-0.25, -0.2) is 19.9 Å². The van der Waals surface area contributed by atoms with Crippen LogP contribution in [0.1, 0.15) is 44.0 Å². The molecular formula is C19H21Cl2N5O. The number of nitrogens with zero attached hydrogens (tertiary/aromatic N) is 5. The van der Waals surface area contributed by atoms with Crippen molar-refractivity contribution < 1.29 is 4.74 Å². The number of halogens is 2. The molecule has 0 N–H and O–H groups in total. The van der Waals surface area contributed by atoms with Crippen LogP contribution >= 0.6 is 23.2 Å². The number of anilines is 1. The maximum absolute atomic E-state index is 6.15. The van der Waals surface area contributed by atoms with Crippen LogP contribution in [0.15, 0.2) is 23.5 Å². The van der Waals surface area contributed by atoms with Gasteiger partial charge in [0.05, 0.1) is 18.4 Å². The van der Waals surface area contributed by atoms with Gasteiger partial charge >= 0.3 is 0 Å². The summed E-state index contributed by atoms with van der Waals surface area (Å²) in [6, 6.07) is 2.15. The normalized spacial score (nSPS) is 21.6. The van der Waals surface area contributed by atoms with Gasteiger partial charge < -0.3 is 9.64 Å². The topological polar surface area (TPSA) is 63.5 Å². The number of pyridine rings is 1. The molecule has 6 nitrogen and oxygen atoms in total. The van der Waals surface area contributed by atoms with Gasteiger partial charge in [-0.15, -0.1) is 0 Å². The van der Waals surface area contributed by atoms with Crippen LogP contribution in [0.5, 0.6) is 5.75 Å². The number of aromatic nitrogens is 3. The van der Waals surface area contributed by atoms with Crippen molar-refractivity contribution in [3.05, 3.63) is 40.0 Å². The highest BCUT2D eigenvalue weighted by Crippen LogP contribution is 2.32. The molecule has 27 heavy (non-hydrogen) atoms. The van der Waals surface area contributed by atoms with Crippen LogP contribution in [-0.2, 0) is 6.54 Å². The van der Waals surface area contributed by atoms with E-state index in [0.717, 1.165) is 11.5 Å². The Morgan fingerprint density at radius 2 is 2.00 bits per heavy atom. The predicted octanol–water partition coefficient (Wildman–Crippen LogP) is 4.53. The van der Waals surface area contributed by atoms with E-state index >= 15 is 0 Å². The summed E-state index contributed by atoms with van der Waals surface area (Å²) in [6.45, 7) is 2.76. The summed E-state index contributed by atoms with van der Waals surface area (Å²) in [6.07, 6.45) is 8.39. The Kier molecular flexibility index (Phi) is 5.19. The molecule has 3 heterocycles. The molecule has 4 rings (SSSR count). The Morgan fingerprint density at radius 1 is 1.19 bits per heavy atom. The third-order valence-electron chi connectivity index (χ3n) is 5.35. The zero-order valence-electron chi connectivity index (χ0n) is 15.3. The lowest BCUT2D eigenvalue weighted by Gasteiger charge is -2.36. The van der Waals surface area contributed by atoms with E-state index < -0.39 is 0 Å². The van der Waals surface area contributed by atoms with E-state index in [9.17, 15) is 0 Å². The van der Waals surface area contributed by atoms with Crippen molar-refractivity contribution in [2.24, 2.45) is 10.9 Å². The fourth-order valence-electron chi connectivity index (χ4n) is 3.80. The molecule has 0 spiro atoms. The van der Waals surface area contributed by atoms with Crippen LogP contribution in [-0.4, -0.2) is 33.9 Å². The van der Waals surface area contributed by atoms with E-state index in [2.05, 4.69) is 33.8 Å². The number of fused-ring (bicyclic) bond motifs is 1. The number of rotatable bonds is 3. The first-order chi connectivity index (χ1) is 13.0. The number of aliphatic imine (C=N–C) groups is 1. The van der Waals surface area contributed by atoms with Crippen molar-refractivity contribution in [2.75, 3.05) is 11.9 Å². The average Bonchev–Trinajstić information content (AvgIpc) is 3.07. The highest BCUT2D eigenvalue weighted by Gasteiger charge is 2.28. The quantitative estimate of drug-likeness (QED) is 0.701. The molecule has 2 aromatic rings. The van der Waals surface area contributed by atoms with Crippen LogP contribution < -0.4 is 9.64 Å². The lowest BCUT2D eigenvalue weighted by molar-refractivity contribution is 0.320. The van der Waals surface area contributed by atoms with Gasteiger partial charge in [-0.2, -0.15) is 0 Å². The summed E-state index contributed by atoms with van der Waals surface area (Å²) in [5.74, 6) is 2.35. The molecule has 0 radical (unpaired) electrons. The summed E-state index contributed by atoms with van der Waals surface area (Å²) < 4.78 is 5.82. The Morgan fingerprint density at radius 3 is 2.81 bits per heavy atom. The van der Waals surface area contributed by atoms with Crippen LogP contribution in [0.2, 0.25) is 10.2 Å². The molecule has 0 bridgehead atoms. The highest BCUT2D eigenvalue weighted by molar-refractivity contribution is 6.42. The summed E-state index contributed by atoms with van der Waals surface area (Å²) >= 11 is 12.1. The Hall–Kier alpha value is -1.92. The maximum atomic E-state index is 6.15. The van der Waals surface area contributed by atoms with Gasteiger partial charge in [0, 0.05) is 25.4 Å². The molecule has 1 fully saturated rings. The molecule has 0 aromatic carbocycles. The van der Waals surface area contributed by atoms with Gasteiger partial charge in [-0.1, -0.05) is 43.0 Å². The average molecular weight is 406 g/mol. The molecular weight excluding hydrogens is 385 g/mol. The summed E-state index contributed by atoms with van der Waals surface area (Å²) in [5.41, 5.74) is 1.46. The SMILES string of the molecule is C[C@@H]1CCCC[C@@H]1N(C)c1cnc2c(n1)CN=C2Oc1ccnc(Cl)c1Cl. The standard InChI is InChI=1S/C19H21Cl2N5O/c1-11-5-3-4-6-13(11)26(2)15-10-23-17-12(25-15)9-24-19(17)27-14-7-8-22-18(21)16(14)20/h7-8,10-11,13H,3-6,9H2,1-2H3/t11-,13+/m1/s1. The maximum Gasteiger partial charge on any atom is 0.243 e. The Balaban J connectivity index is 1.54. The predicted molar refractivity (Wildman–Crippen MR) is 107 cm³/mol. The van der Waals surface area contributed by atoms with Crippen molar-refractivity contribution in [1.82, 2.24) is 15.0 Å². The first kappa shape index (κ1) is 18.4. The highest BCUT2D eigenvalue weighted by atomic mass is 35.5. The van der Waals surface area contributed by atoms with E-state index in [-0.39, 0.29) is 10.2 Å². The molecule has 8 heteroatoms. The molecule has 1 saturated carbocycles. The summed E-state index contributed by atoms with van der Waals surface area (Å²) in [4.78, 5) is 20.0. The fourth-order valence-corrected chi connectivity index (χ4v) is 4.10. The minimum atomic E-state index is 0.192. The van der Waals surface area contributed by atoms with Gasteiger partial charge in [0.15, 0.2) is 10.9 Å². The van der Waals surface area contributed by atoms with Gasteiger partial charge in [0.25, 0.3) is 0 Å². The van der Waals surface area contributed by atoms with Gasteiger partial charge in [0.1, 0.15) is 16.5 Å². The van der Waals surface area contributed by atoms with Crippen molar-refractivity contribution in [3.63, 3.8) is 0 Å². The molecule has 0 saturated heterocycles. The van der Waals surface area contributed by atoms with Crippen LogP contribution in [0, 0.1) is 5.92 Å². The minimum Gasteiger partial charge on any atom is -0.435 e. The van der Waals surface area contributed by atoms with E-state index in [1.807, 2.05) is 0 Å². The van der Waals surface area contributed by atoms with Crippen LogP contribution in [0.4, 0.5) is 5.82 Å². The monoisotopic (exact) mass is 405 g/mol. The number of ether oxygens (including phenoxy) is 1. The van der Waals surface area contributed by atoms with E-state index in [0.29, 0.717) is 35.8 Å². The lowest BCUT2D eigenvalue weighted by Crippen LogP contribution is -2.39. The first-order valence-electron chi connectivity index (χ1n) is 9.16. The zero-order valence-corrected chi connectivity index (χ0v) is 16.8. The first-order valence-corrected chi connectivity index (χ1v) is 9.91. The molecule has 0 amide bonds. The Bertz CT molecular complexity index is 888. The second-order valence-corrected chi connectivity index (χ2v) is 7.84. The van der Waals surface area contributed by atoms with Crippen LogP contribution in [0.3, 0.4) is 0 Å². The molecule has 0 unspecified atom stereocenters. The second kappa shape index (κ2) is 7.60. The van der Waals surface area contributed by atoms with Crippen molar-refractivity contribution in [1.29, 1.82) is 0 Å². The molecule has 1 aliphatic carbocycles. The zero-order chi connectivity index (χ0) is 19.0. The third kappa shape index (κ3) is 3.60. The van der Waals surface area contributed by atoms with E-state index in [1.54, 1.807) is 12.3 Å². The van der Waals surface area contributed by atoms with Gasteiger partial charge in [0.2, 0.25) is 5.90 Å². The lowest BCUT2D eigenvalue weighted by atomic mass is 9.85. The molecule has 2 aliphatic rings. The second-order valence-electron chi connectivity index (χ2n) is 7.10. The van der Waals surface area contributed by atoms with E-state index in [4.69, 9.17) is 32.9 Å². The summed E-state index contributed by atoms with van der Waals surface area (Å²) in [7, 11) is 2.11. The molecule has 2 aromatic heterocycles. The van der Waals surface area contributed by atoms with Crippen molar-refractivity contribution >= 4 is 34.9 Å². The van der Waals surface area contributed by atoms with Crippen molar-refractivity contribution in [2.45, 2.75) is 45.2 Å². The molecule has 2 atom stereocenters. The molecule has 1 aliphatic heterocycles. The van der Waals surface area contributed by atoms with Crippen LogP contribution in [0.25, 0.3) is 0 Å². The van der Waals surface area contributed by atoms with E-state index in [1.165, 1.54) is 31.9 Å². The summed E-state index contributed by atoms with van der Waals surface area (Å²) in [5, 5.41) is 0.448. The van der Waals surface area contributed by atoms with Gasteiger partial charge in [-0.3, -0.25) is 0 Å². The smallest absolute Gasteiger partial charge is 0.243 e. The Labute approximate surface area is 168 Å². The third-order valence-corrected chi connectivity index (χ3v) is 6.10.